The van der Waals surface area contributed by atoms with Crippen molar-refractivity contribution in [3.8, 4) is 0 Å². The second-order valence-electron chi connectivity index (χ2n) is 4.42. The van der Waals surface area contributed by atoms with Crippen molar-refractivity contribution in [2.75, 3.05) is 0 Å². The molecule has 1 aliphatic carbocycles. The first-order valence-electron chi connectivity index (χ1n) is 5.65. The third-order valence-corrected chi connectivity index (χ3v) is 4.00. The van der Waals surface area contributed by atoms with Gasteiger partial charge in [0.1, 0.15) is 0 Å². The van der Waals surface area contributed by atoms with Crippen LogP contribution in [0, 0.1) is 16.0 Å². The largest absolute Gasteiger partial charge is 0.270 e. The van der Waals surface area contributed by atoms with Crippen LogP contribution in [-0.2, 0) is 6.42 Å². The fraction of sp³-hybridized carbons (Fsp3) is 0.500. The van der Waals surface area contributed by atoms with Gasteiger partial charge in [-0.2, -0.15) is 0 Å². The first-order valence-corrected chi connectivity index (χ1v) is 6.46. The van der Waals surface area contributed by atoms with Crippen molar-refractivity contribution < 1.29 is 4.92 Å². The van der Waals surface area contributed by atoms with Crippen LogP contribution in [0.3, 0.4) is 0 Å². The molecular weight excluding hydrogens is 261 g/mol. The summed E-state index contributed by atoms with van der Waals surface area (Å²) in [5, 5.41) is 11.2. The van der Waals surface area contributed by atoms with E-state index in [4.69, 9.17) is 23.2 Å². The summed E-state index contributed by atoms with van der Waals surface area (Å²) in [5.74, 6) is 0.661. The van der Waals surface area contributed by atoms with E-state index in [-0.39, 0.29) is 11.1 Å². The Labute approximate surface area is 110 Å². The number of hydrogen-bond acceptors (Lipinski definition) is 2. The molecule has 1 saturated carbocycles. The summed E-state index contributed by atoms with van der Waals surface area (Å²) in [6.07, 6.45) is 4.11. The summed E-state index contributed by atoms with van der Waals surface area (Å²) in [7, 11) is 0. The maximum Gasteiger partial charge on any atom is 0.270 e. The van der Waals surface area contributed by atoms with Crippen LogP contribution in [0.5, 0.6) is 0 Å². The molecule has 1 fully saturated rings. The fourth-order valence-corrected chi connectivity index (χ4v) is 2.47. The third-order valence-electron chi connectivity index (χ3n) is 3.07. The van der Waals surface area contributed by atoms with E-state index in [0.29, 0.717) is 10.9 Å². The average Bonchev–Trinajstić information content (AvgIpc) is 3.10. The summed E-state index contributed by atoms with van der Waals surface area (Å²) in [6, 6.07) is 4.61. The minimum Gasteiger partial charge on any atom is -0.258 e. The van der Waals surface area contributed by atoms with Crippen LogP contribution in [0.2, 0.25) is 5.02 Å². The van der Waals surface area contributed by atoms with Crippen molar-refractivity contribution in [2.24, 2.45) is 5.92 Å². The number of rotatable bonds is 5. The smallest absolute Gasteiger partial charge is 0.258 e. The molecule has 0 radical (unpaired) electrons. The van der Waals surface area contributed by atoms with Gasteiger partial charge in [0, 0.05) is 17.5 Å². The van der Waals surface area contributed by atoms with Crippen LogP contribution in [0.1, 0.15) is 24.8 Å². The second kappa shape index (κ2) is 5.23. The van der Waals surface area contributed by atoms with Crippen LogP contribution in [0.15, 0.2) is 18.2 Å². The summed E-state index contributed by atoms with van der Waals surface area (Å²) in [6.45, 7) is 0. The van der Waals surface area contributed by atoms with E-state index in [2.05, 4.69) is 0 Å². The third kappa shape index (κ3) is 3.33. The maximum atomic E-state index is 10.6. The summed E-state index contributed by atoms with van der Waals surface area (Å²) >= 11 is 12.2. The van der Waals surface area contributed by atoms with Gasteiger partial charge < -0.3 is 0 Å². The lowest BCUT2D eigenvalue weighted by molar-refractivity contribution is -0.384. The molecule has 1 unspecified atom stereocenters. The van der Waals surface area contributed by atoms with Gasteiger partial charge in [0.15, 0.2) is 0 Å². The van der Waals surface area contributed by atoms with Gasteiger partial charge in [0.25, 0.3) is 5.69 Å². The van der Waals surface area contributed by atoms with E-state index >= 15 is 0 Å². The number of halogens is 2. The van der Waals surface area contributed by atoms with Gasteiger partial charge >= 0.3 is 0 Å². The van der Waals surface area contributed by atoms with Crippen molar-refractivity contribution >= 4 is 28.9 Å². The lowest BCUT2D eigenvalue weighted by Crippen LogP contribution is -2.03. The number of hydrogen-bond donors (Lipinski definition) is 0. The van der Waals surface area contributed by atoms with E-state index < -0.39 is 4.92 Å². The van der Waals surface area contributed by atoms with Gasteiger partial charge in [-0.3, -0.25) is 10.1 Å². The molecule has 0 amide bonds. The average molecular weight is 274 g/mol. The molecule has 0 heterocycles. The molecule has 0 bridgehead atoms. The SMILES string of the molecule is O=[N+]([O-])c1ccc(CCC(Cl)C2CC2)c(Cl)c1. The van der Waals surface area contributed by atoms with Gasteiger partial charge in [0.2, 0.25) is 0 Å². The number of nitro groups is 1. The molecule has 5 heteroatoms. The molecule has 1 aliphatic rings. The molecule has 1 aromatic carbocycles. The first kappa shape index (κ1) is 12.7. The van der Waals surface area contributed by atoms with E-state index in [9.17, 15) is 10.1 Å². The summed E-state index contributed by atoms with van der Waals surface area (Å²) < 4.78 is 0. The van der Waals surface area contributed by atoms with Crippen LogP contribution in [-0.4, -0.2) is 10.3 Å². The van der Waals surface area contributed by atoms with Crippen molar-refractivity contribution in [3.05, 3.63) is 38.9 Å². The molecule has 0 saturated heterocycles. The van der Waals surface area contributed by atoms with Crippen LogP contribution >= 0.6 is 23.2 Å². The lowest BCUT2D eigenvalue weighted by Gasteiger charge is -2.08. The van der Waals surface area contributed by atoms with E-state index in [1.807, 2.05) is 0 Å². The molecule has 92 valence electrons. The Morgan fingerprint density at radius 2 is 2.18 bits per heavy atom. The van der Waals surface area contributed by atoms with Crippen LogP contribution in [0.4, 0.5) is 5.69 Å². The molecule has 0 N–H and O–H groups in total. The molecule has 17 heavy (non-hydrogen) atoms. The molecule has 0 aromatic heterocycles. The number of non-ortho nitro benzene ring substituents is 1. The van der Waals surface area contributed by atoms with E-state index in [0.717, 1.165) is 18.4 Å². The zero-order chi connectivity index (χ0) is 12.4. The van der Waals surface area contributed by atoms with Crippen molar-refractivity contribution in [3.63, 3.8) is 0 Å². The van der Waals surface area contributed by atoms with Crippen LogP contribution in [0.25, 0.3) is 0 Å². The number of nitro benzene ring substituents is 1. The highest BCUT2D eigenvalue weighted by atomic mass is 35.5. The van der Waals surface area contributed by atoms with Gasteiger partial charge in [-0.25, -0.2) is 0 Å². The predicted octanol–water partition coefficient (Wildman–Crippen LogP) is 4.20. The Bertz CT molecular complexity index is 433. The minimum absolute atomic E-state index is 0.0309. The molecule has 1 aromatic rings. The number of nitrogens with zero attached hydrogens (tertiary/aromatic N) is 1. The van der Waals surface area contributed by atoms with E-state index in [1.54, 1.807) is 6.07 Å². The Hall–Kier alpha value is -0.800. The monoisotopic (exact) mass is 273 g/mol. The highest BCUT2D eigenvalue weighted by Crippen LogP contribution is 2.38. The Morgan fingerprint density at radius 1 is 1.47 bits per heavy atom. The standard InChI is InChI=1S/C12H13Cl2NO2/c13-11(8-1-2-8)6-4-9-3-5-10(15(16)17)7-12(9)14/h3,5,7-8,11H,1-2,4,6H2. The summed E-state index contributed by atoms with van der Waals surface area (Å²) in [5.41, 5.74) is 0.965. The van der Waals surface area contributed by atoms with Crippen molar-refractivity contribution in [1.29, 1.82) is 0 Å². The van der Waals surface area contributed by atoms with Crippen LogP contribution < -0.4 is 0 Å². The first-order chi connectivity index (χ1) is 8.08. The Balaban J connectivity index is 1.98. The topological polar surface area (TPSA) is 43.1 Å². The molecule has 3 nitrogen and oxygen atoms in total. The second-order valence-corrected chi connectivity index (χ2v) is 5.39. The zero-order valence-corrected chi connectivity index (χ0v) is 10.7. The molecule has 1 atom stereocenters. The quantitative estimate of drug-likeness (QED) is 0.459. The van der Waals surface area contributed by atoms with Gasteiger partial charge in [-0.05, 0) is 37.2 Å². The normalized spacial score (nSPS) is 16.8. The van der Waals surface area contributed by atoms with Gasteiger partial charge in [-0.15, -0.1) is 11.6 Å². The Morgan fingerprint density at radius 3 is 2.71 bits per heavy atom. The minimum atomic E-state index is -0.440. The maximum absolute atomic E-state index is 10.6. The lowest BCUT2D eigenvalue weighted by atomic mass is 10.1. The molecular formula is C12H13Cl2NO2. The van der Waals surface area contributed by atoms with Gasteiger partial charge in [0.05, 0.1) is 9.95 Å². The molecule has 2 rings (SSSR count). The summed E-state index contributed by atoms with van der Waals surface area (Å²) in [4.78, 5) is 10.1. The fourth-order valence-electron chi connectivity index (χ4n) is 1.84. The van der Waals surface area contributed by atoms with Crippen molar-refractivity contribution in [1.82, 2.24) is 0 Å². The van der Waals surface area contributed by atoms with Gasteiger partial charge in [-0.1, -0.05) is 17.7 Å². The molecule has 0 spiro atoms. The number of alkyl halides is 1. The number of aryl methyl sites for hydroxylation is 1. The molecule has 0 aliphatic heterocycles. The Kier molecular flexibility index (Phi) is 3.89. The highest BCUT2D eigenvalue weighted by Gasteiger charge is 2.29. The zero-order valence-electron chi connectivity index (χ0n) is 9.23. The highest BCUT2D eigenvalue weighted by molar-refractivity contribution is 6.31. The van der Waals surface area contributed by atoms with Crippen molar-refractivity contribution in [2.45, 2.75) is 31.1 Å². The van der Waals surface area contributed by atoms with E-state index in [1.165, 1.54) is 25.0 Å². The predicted molar refractivity (Wildman–Crippen MR) is 68.8 cm³/mol. The number of benzene rings is 1.